The minimum atomic E-state index is -4.75. The molecule has 1 heterocycles. The van der Waals surface area contributed by atoms with Gasteiger partial charge in [-0.2, -0.15) is 0 Å². The fourth-order valence-electron chi connectivity index (χ4n) is 1.67. The van der Waals surface area contributed by atoms with E-state index in [0.29, 0.717) is 5.56 Å². The van der Waals surface area contributed by atoms with Crippen molar-refractivity contribution in [2.75, 3.05) is 5.73 Å². The number of aryl methyl sites for hydroxylation is 1. The summed E-state index contributed by atoms with van der Waals surface area (Å²) in [5.41, 5.74) is 6.79. The summed E-state index contributed by atoms with van der Waals surface area (Å²) in [6.45, 7) is 0. The van der Waals surface area contributed by atoms with Gasteiger partial charge >= 0.3 is 6.36 Å². The first-order valence-electron chi connectivity index (χ1n) is 5.14. The third-order valence-corrected chi connectivity index (χ3v) is 2.48. The largest absolute Gasteiger partial charge is 0.573 e. The van der Waals surface area contributed by atoms with Crippen LogP contribution in [0.2, 0.25) is 0 Å². The highest BCUT2D eigenvalue weighted by molar-refractivity contribution is 5.68. The molecule has 6 heteroatoms. The number of ether oxygens (including phenoxy) is 1. The summed E-state index contributed by atoms with van der Waals surface area (Å²) in [5.74, 6) is -0.388. The number of aromatic nitrogens is 1. The summed E-state index contributed by atoms with van der Waals surface area (Å²) < 4.78 is 42.2. The molecule has 0 saturated carbocycles. The molecule has 18 heavy (non-hydrogen) atoms. The highest BCUT2D eigenvalue weighted by atomic mass is 19.4. The van der Waals surface area contributed by atoms with Gasteiger partial charge in [-0.15, -0.1) is 13.2 Å². The Balaban J connectivity index is 2.41. The Morgan fingerprint density at radius 2 is 1.94 bits per heavy atom. The Morgan fingerprint density at radius 1 is 1.22 bits per heavy atom. The van der Waals surface area contributed by atoms with E-state index in [2.05, 4.69) is 4.74 Å². The average Bonchev–Trinajstić information content (AvgIpc) is 2.66. The molecule has 0 amide bonds. The fourth-order valence-corrected chi connectivity index (χ4v) is 1.67. The number of hydrogen-bond acceptors (Lipinski definition) is 2. The molecule has 1 aromatic heterocycles. The number of rotatable bonds is 2. The number of halogens is 3. The third kappa shape index (κ3) is 2.58. The van der Waals surface area contributed by atoms with Crippen molar-refractivity contribution >= 4 is 5.69 Å². The van der Waals surface area contributed by atoms with Crippen LogP contribution >= 0.6 is 0 Å². The number of nitrogens with two attached hydrogens (primary N) is 1. The normalized spacial score (nSPS) is 11.6. The fraction of sp³-hybridized carbons (Fsp3) is 0.167. The van der Waals surface area contributed by atoms with E-state index in [4.69, 9.17) is 5.73 Å². The van der Waals surface area contributed by atoms with Crippen LogP contribution in [0.25, 0.3) is 11.3 Å². The second kappa shape index (κ2) is 4.29. The summed E-state index contributed by atoms with van der Waals surface area (Å²) in [7, 11) is 1.80. The molecule has 0 saturated heterocycles. The maximum atomic E-state index is 12.2. The van der Waals surface area contributed by atoms with E-state index in [-0.39, 0.29) is 11.4 Å². The van der Waals surface area contributed by atoms with Crippen LogP contribution in [-0.2, 0) is 7.05 Å². The molecule has 2 rings (SSSR count). The summed E-state index contributed by atoms with van der Waals surface area (Å²) >= 11 is 0. The van der Waals surface area contributed by atoms with Crippen LogP contribution in [0.3, 0.4) is 0 Å². The Morgan fingerprint density at radius 3 is 2.50 bits per heavy atom. The lowest BCUT2D eigenvalue weighted by atomic mass is 10.1. The van der Waals surface area contributed by atoms with Crippen LogP contribution in [0.1, 0.15) is 0 Å². The molecule has 3 nitrogen and oxygen atoms in total. The summed E-state index contributed by atoms with van der Waals surface area (Å²) in [5, 5.41) is 0. The van der Waals surface area contributed by atoms with Gasteiger partial charge in [0.1, 0.15) is 0 Å². The second-order valence-electron chi connectivity index (χ2n) is 3.80. The number of anilines is 1. The summed E-state index contributed by atoms with van der Waals surface area (Å²) in [4.78, 5) is 0. The van der Waals surface area contributed by atoms with Crippen LogP contribution in [0, 0.1) is 0 Å². The molecular weight excluding hydrogens is 245 g/mol. The molecule has 0 fully saturated rings. The van der Waals surface area contributed by atoms with Crippen molar-refractivity contribution in [3.8, 4) is 17.0 Å². The van der Waals surface area contributed by atoms with Crippen molar-refractivity contribution in [2.24, 2.45) is 7.05 Å². The predicted octanol–water partition coefficient (Wildman–Crippen LogP) is 3.17. The van der Waals surface area contributed by atoms with Gasteiger partial charge in [-0.3, -0.25) is 0 Å². The average molecular weight is 256 g/mol. The number of nitrogen functional groups attached to an aromatic ring is 1. The van der Waals surface area contributed by atoms with Gasteiger partial charge < -0.3 is 15.0 Å². The lowest BCUT2D eigenvalue weighted by molar-refractivity contribution is -0.274. The quantitative estimate of drug-likeness (QED) is 0.838. The zero-order chi connectivity index (χ0) is 13.3. The molecule has 0 aliphatic heterocycles. The zero-order valence-electron chi connectivity index (χ0n) is 9.53. The first-order valence-corrected chi connectivity index (χ1v) is 5.14. The van der Waals surface area contributed by atoms with Crippen LogP contribution < -0.4 is 10.5 Å². The van der Waals surface area contributed by atoms with Crippen LogP contribution in [0.15, 0.2) is 36.5 Å². The van der Waals surface area contributed by atoms with E-state index < -0.39 is 6.36 Å². The summed E-state index contributed by atoms with van der Waals surface area (Å²) in [6, 6.07) is 7.91. The number of benzene rings is 1. The monoisotopic (exact) mass is 256 g/mol. The summed E-state index contributed by atoms with van der Waals surface area (Å²) in [6.07, 6.45) is -2.95. The van der Waals surface area contributed by atoms with Crippen molar-refractivity contribution in [1.29, 1.82) is 0 Å². The van der Waals surface area contributed by atoms with Gasteiger partial charge in [0.05, 0.1) is 5.69 Å². The molecule has 0 atom stereocenters. The van der Waals surface area contributed by atoms with Gasteiger partial charge in [0, 0.05) is 24.5 Å². The molecule has 0 aliphatic carbocycles. The molecule has 0 spiro atoms. The maximum absolute atomic E-state index is 12.2. The minimum absolute atomic E-state index is 0.0507. The maximum Gasteiger partial charge on any atom is 0.573 e. The van der Waals surface area contributed by atoms with Crippen molar-refractivity contribution in [2.45, 2.75) is 6.36 Å². The molecule has 0 bridgehead atoms. The van der Waals surface area contributed by atoms with Crippen molar-refractivity contribution < 1.29 is 17.9 Å². The van der Waals surface area contributed by atoms with Crippen LogP contribution in [-0.4, -0.2) is 10.9 Å². The zero-order valence-corrected chi connectivity index (χ0v) is 9.53. The predicted molar refractivity (Wildman–Crippen MR) is 61.9 cm³/mol. The van der Waals surface area contributed by atoms with Crippen molar-refractivity contribution in [1.82, 2.24) is 4.57 Å². The Kier molecular flexibility index (Phi) is 2.94. The van der Waals surface area contributed by atoms with Gasteiger partial charge in [-0.25, -0.2) is 0 Å². The van der Waals surface area contributed by atoms with Gasteiger partial charge in [-0.1, -0.05) is 6.07 Å². The van der Waals surface area contributed by atoms with E-state index in [0.717, 1.165) is 5.69 Å². The van der Waals surface area contributed by atoms with Crippen LogP contribution in [0.4, 0.5) is 18.9 Å². The molecule has 2 N–H and O–H groups in total. The number of hydrogen-bond donors (Lipinski definition) is 1. The molecule has 0 radical (unpaired) electrons. The van der Waals surface area contributed by atoms with Gasteiger partial charge in [0.25, 0.3) is 0 Å². The van der Waals surface area contributed by atoms with Crippen molar-refractivity contribution in [3.63, 3.8) is 0 Å². The smallest absolute Gasteiger partial charge is 0.404 e. The lowest BCUT2D eigenvalue weighted by Gasteiger charge is -2.12. The number of alkyl halides is 3. The van der Waals surface area contributed by atoms with E-state index >= 15 is 0 Å². The van der Waals surface area contributed by atoms with E-state index in [1.165, 1.54) is 12.1 Å². The van der Waals surface area contributed by atoms with Gasteiger partial charge in [-0.05, 0) is 24.3 Å². The highest BCUT2D eigenvalue weighted by Crippen LogP contribution is 2.32. The third-order valence-electron chi connectivity index (χ3n) is 2.48. The van der Waals surface area contributed by atoms with Crippen LogP contribution in [0.5, 0.6) is 5.75 Å². The van der Waals surface area contributed by atoms with Gasteiger partial charge in [0.15, 0.2) is 5.75 Å². The first-order chi connectivity index (χ1) is 8.37. The van der Waals surface area contributed by atoms with E-state index in [1.54, 1.807) is 36.0 Å². The minimum Gasteiger partial charge on any atom is -0.404 e. The molecule has 1 aromatic carbocycles. The Labute approximate surface area is 102 Å². The number of nitrogens with zero attached hydrogens (tertiary/aromatic N) is 1. The first kappa shape index (κ1) is 12.3. The topological polar surface area (TPSA) is 40.2 Å². The molecule has 2 aromatic rings. The molecule has 0 unspecified atom stereocenters. The molecule has 0 aliphatic rings. The SMILES string of the molecule is Cn1cccc1-c1ccc(N)c(OC(F)(F)F)c1. The Bertz CT molecular complexity index is 561. The van der Waals surface area contributed by atoms with E-state index in [9.17, 15) is 13.2 Å². The van der Waals surface area contributed by atoms with Crippen molar-refractivity contribution in [3.05, 3.63) is 36.5 Å². The molecule has 96 valence electrons. The second-order valence-corrected chi connectivity index (χ2v) is 3.80. The standard InChI is InChI=1S/C12H11F3N2O/c1-17-6-2-3-10(17)8-4-5-9(16)11(7-8)18-12(13,14)15/h2-7H,16H2,1H3. The van der Waals surface area contributed by atoms with Gasteiger partial charge in [0.2, 0.25) is 0 Å². The highest BCUT2D eigenvalue weighted by Gasteiger charge is 2.32. The molecular formula is C12H11F3N2O. The lowest BCUT2D eigenvalue weighted by Crippen LogP contribution is -2.18. The Hall–Kier alpha value is -2.11. The van der Waals surface area contributed by atoms with E-state index in [1.807, 2.05) is 0 Å².